The summed E-state index contributed by atoms with van der Waals surface area (Å²) in [5, 5.41) is 7.06. The first-order valence-corrected chi connectivity index (χ1v) is 7.80. The minimum atomic E-state index is -0.409. The number of carbonyl (C=O) groups excluding carboxylic acids is 2. The highest BCUT2D eigenvalue weighted by Crippen LogP contribution is 2.23. The predicted molar refractivity (Wildman–Crippen MR) is 94.2 cm³/mol. The zero-order valence-electron chi connectivity index (χ0n) is 13.0. The van der Waals surface area contributed by atoms with E-state index < -0.39 is 11.8 Å². The standard InChI is InChI=1S/C18H14ClN3O3/c19-13-3-1-2-12(9-13)16-10-15(22-25-16)18(24)21-14-6-4-11(5-7-14)8-17(20)23/h1-7,9-10H,8H2,(H2,20,23)(H,21,24). The minimum Gasteiger partial charge on any atom is -0.369 e. The summed E-state index contributed by atoms with van der Waals surface area (Å²) in [6.45, 7) is 0. The number of hydrogen-bond acceptors (Lipinski definition) is 4. The van der Waals surface area contributed by atoms with Crippen molar-refractivity contribution in [3.05, 3.63) is 70.9 Å². The monoisotopic (exact) mass is 355 g/mol. The first-order valence-electron chi connectivity index (χ1n) is 7.42. The summed E-state index contributed by atoms with van der Waals surface area (Å²) in [7, 11) is 0. The molecule has 0 aliphatic rings. The van der Waals surface area contributed by atoms with E-state index in [0.717, 1.165) is 11.1 Å². The van der Waals surface area contributed by atoms with Gasteiger partial charge in [0.05, 0.1) is 6.42 Å². The topological polar surface area (TPSA) is 98.2 Å². The molecule has 0 atom stereocenters. The van der Waals surface area contributed by atoms with Gasteiger partial charge in [0.1, 0.15) is 0 Å². The number of aromatic nitrogens is 1. The number of benzene rings is 2. The SMILES string of the molecule is NC(=O)Cc1ccc(NC(=O)c2cc(-c3cccc(Cl)c3)on2)cc1. The molecule has 0 aliphatic heterocycles. The number of halogens is 1. The maximum atomic E-state index is 12.3. The maximum Gasteiger partial charge on any atom is 0.277 e. The van der Waals surface area contributed by atoms with E-state index >= 15 is 0 Å². The summed E-state index contributed by atoms with van der Waals surface area (Å²) in [4.78, 5) is 23.1. The second-order valence-electron chi connectivity index (χ2n) is 5.38. The Morgan fingerprint density at radius 2 is 1.88 bits per heavy atom. The molecule has 0 saturated carbocycles. The van der Waals surface area contributed by atoms with Crippen molar-refractivity contribution in [3.63, 3.8) is 0 Å². The Bertz CT molecular complexity index is 919. The molecule has 7 heteroatoms. The van der Waals surface area contributed by atoms with Crippen molar-refractivity contribution in [3.8, 4) is 11.3 Å². The molecule has 6 nitrogen and oxygen atoms in total. The van der Waals surface area contributed by atoms with Crippen LogP contribution in [0.3, 0.4) is 0 Å². The molecule has 1 heterocycles. The molecule has 25 heavy (non-hydrogen) atoms. The molecule has 0 aliphatic carbocycles. The molecule has 0 fully saturated rings. The van der Waals surface area contributed by atoms with Crippen LogP contribution in [-0.4, -0.2) is 17.0 Å². The van der Waals surface area contributed by atoms with E-state index in [2.05, 4.69) is 10.5 Å². The predicted octanol–water partition coefficient (Wildman–Crippen LogP) is 3.28. The zero-order chi connectivity index (χ0) is 17.8. The zero-order valence-corrected chi connectivity index (χ0v) is 13.8. The van der Waals surface area contributed by atoms with E-state index in [0.29, 0.717) is 16.5 Å². The molecule has 3 aromatic rings. The second kappa shape index (κ2) is 7.19. The Hall–Kier alpha value is -3.12. The molecule has 0 spiro atoms. The third-order valence-electron chi connectivity index (χ3n) is 3.44. The molecule has 126 valence electrons. The molecular weight excluding hydrogens is 342 g/mol. The van der Waals surface area contributed by atoms with Gasteiger partial charge in [0.25, 0.3) is 5.91 Å². The summed E-state index contributed by atoms with van der Waals surface area (Å²) in [5.41, 5.74) is 7.37. The van der Waals surface area contributed by atoms with Gasteiger partial charge < -0.3 is 15.6 Å². The van der Waals surface area contributed by atoms with E-state index in [1.54, 1.807) is 48.5 Å². The summed E-state index contributed by atoms with van der Waals surface area (Å²) >= 11 is 5.95. The number of hydrogen-bond donors (Lipinski definition) is 2. The Labute approximate surface area is 148 Å². The summed E-state index contributed by atoms with van der Waals surface area (Å²) in [6.07, 6.45) is 0.153. The number of anilines is 1. The van der Waals surface area contributed by atoms with Crippen LogP contribution in [0.15, 0.2) is 59.1 Å². The third-order valence-corrected chi connectivity index (χ3v) is 3.68. The van der Waals surface area contributed by atoms with Gasteiger partial charge in [-0.15, -0.1) is 0 Å². The highest BCUT2D eigenvalue weighted by atomic mass is 35.5. The average Bonchev–Trinajstić information content (AvgIpc) is 3.06. The van der Waals surface area contributed by atoms with Crippen LogP contribution in [0, 0.1) is 0 Å². The third kappa shape index (κ3) is 4.24. The van der Waals surface area contributed by atoms with E-state index in [1.165, 1.54) is 0 Å². The Morgan fingerprint density at radius 3 is 2.56 bits per heavy atom. The number of carbonyl (C=O) groups is 2. The molecule has 2 amide bonds. The summed E-state index contributed by atoms with van der Waals surface area (Å²) in [6, 6.07) is 15.4. The van der Waals surface area contributed by atoms with Crippen LogP contribution >= 0.6 is 11.6 Å². The van der Waals surface area contributed by atoms with Crippen LogP contribution < -0.4 is 11.1 Å². The number of nitrogens with one attached hydrogen (secondary N) is 1. The lowest BCUT2D eigenvalue weighted by atomic mass is 10.1. The smallest absolute Gasteiger partial charge is 0.277 e. The van der Waals surface area contributed by atoms with Gasteiger partial charge >= 0.3 is 0 Å². The lowest BCUT2D eigenvalue weighted by Crippen LogP contribution is -2.14. The second-order valence-corrected chi connectivity index (χ2v) is 5.82. The van der Waals surface area contributed by atoms with Gasteiger partial charge in [-0.3, -0.25) is 9.59 Å². The van der Waals surface area contributed by atoms with Crippen molar-refractivity contribution in [2.75, 3.05) is 5.32 Å². The fraction of sp³-hybridized carbons (Fsp3) is 0.0556. The Balaban J connectivity index is 1.70. The van der Waals surface area contributed by atoms with E-state index in [9.17, 15) is 9.59 Å². The summed E-state index contributed by atoms with van der Waals surface area (Å²) < 4.78 is 5.21. The normalized spacial score (nSPS) is 10.4. The molecule has 0 radical (unpaired) electrons. The van der Waals surface area contributed by atoms with Crippen LogP contribution in [0.25, 0.3) is 11.3 Å². The van der Waals surface area contributed by atoms with Crippen molar-refractivity contribution in [1.82, 2.24) is 5.16 Å². The van der Waals surface area contributed by atoms with Crippen molar-refractivity contribution in [2.45, 2.75) is 6.42 Å². The fourth-order valence-electron chi connectivity index (χ4n) is 2.26. The Kier molecular flexibility index (Phi) is 4.81. The van der Waals surface area contributed by atoms with Crippen LogP contribution in [0.1, 0.15) is 16.1 Å². The number of nitrogens with zero attached hydrogens (tertiary/aromatic N) is 1. The number of amides is 2. The van der Waals surface area contributed by atoms with Crippen LogP contribution in [0.2, 0.25) is 5.02 Å². The van der Waals surface area contributed by atoms with E-state index in [-0.39, 0.29) is 12.1 Å². The van der Waals surface area contributed by atoms with Gasteiger partial charge in [-0.25, -0.2) is 0 Å². The van der Waals surface area contributed by atoms with Gasteiger partial charge in [0, 0.05) is 22.3 Å². The number of nitrogens with two attached hydrogens (primary N) is 1. The van der Waals surface area contributed by atoms with Gasteiger partial charge in [0.2, 0.25) is 5.91 Å². The van der Waals surface area contributed by atoms with Crippen LogP contribution in [0.5, 0.6) is 0 Å². The van der Waals surface area contributed by atoms with Crippen molar-refractivity contribution in [2.24, 2.45) is 5.73 Å². The molecule has 0 bridgehead atoms. The van der Waals surface area contributed by atoms with Crippen molar-refractivity contribution in [1.29, 1.82) is 0 Å². The first-order chi connectivity index (χ1) is 12.0. The minimum absolute atomic E-state index is 0.149. The lowest BCUT2D eigenvalue weighted by molar-refractivity contribution is -0.117. The van der Waals surface area contributed by atoms with E-state index in [4.69, 9.17) is 21.9 Å². The molecule has 3 rings (SSSR count). The van der Waals surface area contributed by atoms with Gasteiger partial charge in [-0.05, 0) is 29.8 Å². The van der Waals surface area contributed by atoms with Gasteiger partial charge in [-0.1, -0.05) is 41.0 Å². The molecule has 1 aromatic heterocycles. The van der Waals surface area contributed by atoms with Crippen LogP contribution in [0.4, 0.5) is 5.69 Å². The Morgan fingerprint density at radius 1 is 1.12 bits per heavy atom. The molecule has 0 saturated heterocycles. The largest absolute Gasteiger partial charge is 0.369 e. The molecule has 2 aromatic carbocycles. The van der Waals surface area contributed by atoms with Gasteiger partial charge in [-0.2, -0.15) is 0 Å². The van der Waals surface area contributed by atoms with E-state index in [1.807, 2.05) is 6.07 Å². The van der Waals surface area contributed by atoms with Crippen LogP contribution in [-0.2, 0) is 11.2 Å². The number of primary amides is 1. The van der Waals surface area contributed by atoms with Crippen molar-refractivity contribution < 1.29 is 14.1 Å². The highest BCUT2D eigenvalue weighted by molar-refractivity contribution is 6.30. The van der Waals surface area contributed by atoms with Gasteiger partial charge in [0.15, 0.2) is 11.5 Å². The maximum absolute atomic E-state index is 12.3. The highest BCUT2D eigenvalue weighted by Gasteiger charge is 2.14. The first kappa shape index (κ1) is 16.7. The quantitative estimate of drug-likeness (QED) is 0.733. The number of rotatable bonds is 5. The lowest BCUT2D eigenvalue weighted by Gasteiger charge is -2.04. The average molecular weight is 356 g/mol. The van der Waals surface area contributed by atoms with Crippen molar-refractivity contribution >= 4 is 29.1 Å². The molecular formula is C18H14ClN3O3. The molecule has 0 unspecified atom stereocenters. The summed E-state index contributed by atoms with van der Waals surface area (Å²) in [5.74, 6) is -0.364. The molecule has 3 N–H and O–H groups in total. The fourth-order valence-corrected chi connectivity index (χ4v) is 2.45.